The molecule has 0 amide bonds. The largest absolute Gasteiger partial charge is 0.458 e. The molecule has 202 valence electrons. The van der Waals surface area contributed by atoms with E-state index in [1.807, 2.05) is 13.8 Å². The zero-order chi connectivity index (χ0) is 27.1. The minimum absolute atomic E-state index is 0.00652. The van der Waals surface area contributed by atoms with E-state index in [1.165, 1.54) is 4.31 Å². The number of nitrogens with zero attached hydrogens (tertiary/aromatic N) is 5. The second-order valence-corrected chi connectivity index (χ2v) is 12.8. The van der Waals surface area contributed by atoms with Crippen molar-refractivity contribution in [2.45, 2.75) is 76.5 Å². The molecule has 1 unspecified atom stereocenters. The molecule has 0 radical (unpaired) electrons. The van der Waals surface area contributed by atoms with Crippen molar-refractivity contribution in [3.8, 4) is 6.07 Å². The molecule has 2 aromatic heterocycles. The van der Waals surface area contributed by atoms with Crippen molar-refractivity contribution in [1.29, 1.82) is 5.26 Å². The number of hydrogen-bond acceptors (Lipinski definition) is 9. The van der Waals surface area contributed by atoms with Gasteiger partial charge in [0.2, 0.25) is 16.0 Å². The molecule has 3 atom stereocenters. The number of ether oxygens (including phenoxy) is 1. The van der Waals surface area contributed by atoms with Gasteiger partial charge in [-0.05, 0) is 31.6 Å². The first kappa shape index (κ1) is 27.6. The van der Waals surface area contributed by atoms with Crippen LogP contribution < -0.4 is 11.1 Å². The zero-order valence-corrected chi connectivity index (χ0v) is 23.1. The highest BCUT2D eigenvalue weighted by molar-refractivity contribution is 7.88. The molecule has 0 spiro atoms. The van der Waals surface area contributed by atoms with Crippen molar-refractivity contribution >= 4 is 39.1 Å². The molecule has 37 heavy (non-hydrogen) atoms. The molecule has 1 saturated heterocycles. The second kappa shape index (κ2) is 10.4. The topological polar surface area (TPSA) is 156 Å². The Bertz CT molecular complexity index is 1330. The Hall–Kier alpha value is -2.46. The van der Waals surface area contributed by atoms with Crippen LogP contribution in [0.15, 0.2) is 6.20 Å². The Kier molecular flexibility index (Phi) is 7.72. The molecular formula is C24H34ClN7O4S. The number of carbonyl (C=O) groups is 1. The summed E-state index contributed by atoms with van der Waals surface area (Å²) >= 11 is 6.57. The quantitative estimate of drug-likeness (QED) is 0.470. The van der Waals surface area contributed by atoms with Gasteiger partial charge in [0, 0.05) is 12.0 Å². The normalized spacial score (nSPS) is 22.9. The van der Waals surface area contributed by atoms with E-state index in [9.17, 15) is 18.5 Å². The number of rotatable bonds is 8. The van der Waals surface area contributed by atoms with Gasteiger partial charge < -0.3 is 15.8 Å². The molecule has 2 aromatic rings. The van der Waals surface area contributed by atoms with Gasteiger partial charge in [-0.1, -0.05) is 38.8 Å². The highest BCUT2D eigenvalue weighted by Crippen LogP contribution is 2.49. The van der Waals surface area contributed by atoms with Crippen molar-refractivity contribution in [1.82, 2.24) is 18.9 Å². The molecule has 1 aliphatic carbocycles. The van der Waals surface area contributed by atoms with Crippen LogP contribution in [0, 0.1) is 17.2 Å². The average molecular weight is 552 g/mol. The number of nitriles is 1. The summed E-state index contributed by atoms with van der Waals surface area (Å²) in [5.41, 5.74) is 7.59. The van der Waals surface area contributed by atoms with Gasteiger partial charge in [-0.15, -0.1) is 5.10 Å². The third-order valence-corrected chi connectivity index (χ3v) is 9.44. The Labute approximate surface area is 222 Å². The molecule has 1 aliphatic heterocycles. The monoisotopic (exact) mass is 551 g/mol. The van der Waals surface area contributed by atoms with Crippen LogP contribution in [-0.2, 0) is 25.0 Å². The van der Waals surface area contributed by atoms with E-state index in [1.54, 1.807) is 10.7 Å². The molecule has 3 N–H and O–H groups in total. The number of fused-ring (bicyclic) bond motifs is 1. The minimum Gasteiger partial charge on any atom is -0.458 e. The molecule has 2 aliphatic rings. The van der Waals surface area contributed by atoms with Crippen molar-refractivity contribution in [3.05, 3.63) is 22.5 Å². The standard InChI is InChI=1S/C24H34ClN7O4S/c1-5-24(8-6-9-24)21-15(11-26)19(25)17-12-28-23(30-32(17)21)29-16-7-10-31(37(4,34)35)13-18(16)36-22(33)20(27)14(2)3/h12,14,16,18,20H,5-10,13,27H2,1-4H3,(H,29,30)/t16-,18+,20?/m1/s1. The summed E-state index contributed by atoms with van der Waals surface area (Å²) in [6, 6.07) is 0.975. The van der Waals surface area contributed by atoms with Crippen LogP contribution in [0.5, 0.6) is 0 Å². The fourth-order valence-electron chi connectivity index (χ4n) is 5.17. The van der Waals surface area contributed by atoms with Gasteiger partial charge in [0.05, 0.1) is 41.3 Å². The number of halogens is 1. The third kappa shape index (κ3) is 5.14. The molecule has 13 heteroatoms. The van der Waals surface area contributed by atoms with E-state index in [4.69, 9.17) is 27.2 Å². The fraction of sp³-hybridized carbons (Fsp3) is 0.667. The highest BCUT2D eigenvalue weighted by atomic mass is 35.5. The molecular weight excluding hydrogens is 518 g/mol. The number of anilines is 1. The number of hydrogen-bond donors (Lipinski definition) is 2. The first-order valence-corrected chi connectivity index (χ1v) is 14.8. The van der Waals surface area contributed by atoms with Crippen LogP contribution in [0.3, 0.4) is 0 Å². The number of carbonyl (C=O) groups excluding carboxylic acids is 1. The number of piperidine rings is 1. The van der Waals surface area contributed by atoms with Gasteiger partial charge in [-0.25, -0.2) is 17.9 Å². The van der Waals surface area contributed by atoms with Crippen LogP contribution in [0.4, 0.5) is 5.95 Å². The average Bonchev–Trinajstić information content (AvgIpc) is 3.09. The van der Waals surface area contributed by atoms with Crippen LogP contribution in [0.2, 0.25) is 5.02 Å². The highest BCUT2D eigenvalue weighted by Gasteiger charge is 2.43. The summed E-state index contributed by atoms with van der Waals surface area (Å²) in [6.07, 6.45) is 6.10. The number of sulfonamides is 1. The molecule has 11 nitrogen and oxygen atoms in total. The third-order valence-electron chi connectivity index (χ3n) is 7.79. The number of nitrogens with two attached hydrogens (primary N) is 1. The lowest BCUT2D eigenvalue weighted by Crippen LogP contribution is -2.54. The minimum atomic E-state index is -3.48. The second-order valence-electron chi connectivity index (χ2n) is 10.4. The summed E-state index contributed by atoms with van der Waals surface area (Å²) in [7, 11) is -3.48. The first-order chi connectivity index (χ1) is 17.4. The van der Waals surface area contributed by atoms with Crippen molar-refractivity contribution in [2.24, 2.45) is 11.7 Å². The first-order valence-electron chi connectivity index (χ1n) is 12.6. The molecule has 1 saturated carbocycles. The van der Waals surface area contributed by atoms with E-state index in [-0.39, 0.29) is 30.4 Å². The predicted molar refractivity (Wildman–Crippen MR) is 140 cm³/mol. The van der Waals surface area contributed by atoms with E-state index in [0.29, 0.717) is 22.5 Å². The molecule has 2 fully saturated rings. The Morgan fingerprint density at radius 2 is 2.14 bits per heavy atom. The summed E-state index contributed by atoms with van der Waals surface area (Å²) in [5, 5.41) is 18.2. The summed E-state index contributed by atoms with van der Waals surface area (Å²) in [6.45, 7) is 5.97. The maximum Gasteiger partial charge on any atom is 0.323 e. The molecule has 4 rings (SSSR count). The fourth-order valence-corrected chi connectivity index (χ4v) is 6.28. The van der Waals surface area contributed by atoms with Crippen molar-refractivity contribution in [3.63, 3.8) is 0 Å². The van der Waals surface area contributed by atoms with Crippen LogP contribution >= 0.6 is 11.6 Å². The van der Waals surface area contributed by atoms with Gasteiger partial charge in [0.1, 0.15) is 23.7 Å². The number of esters is 1. The van der Waals surface area contributed by atoms with Crippen molar-refractivity contribution < 1.29 is 17.9 Å². The maximum absolute atomic E-state index is 12.7. The van der Waals surface area contributed by atoms with Gasteiger partial charge in [-0.3, -0.25) is 4.79 Å². The lowest BCUT2D eigenvalue weighted by atomic mass is 9.64. The molecule has 3 heterocycles. The lowest BCUT2D eigenvalue weighted by molar-refractivity contribution is -0.154. The molecule has 0 bridgehead atoms. The van der Waals surface area contributed by atoms with E-state index < -0.39 is 34.2 Å². The SMILES string of the molecule is CCC1(c2c(C#N)c(Cl)c3cnc(N[C@@H]4CCN(S(C)(=O)=O)C[C@@H]4OC(=O)C(N)C(C)C)nn23)CCC1. The van der Waals surface area contributed by atoms with Gasteiger partial charge >= 0.3 is 5.97 Å². The van der Waals surface area contributed by atoms with E-state index in [2.05, 4.69) is 23.3 Å². The molecule has 0 aromatic carbocycles. The van der Waals surface area contributed by atoms with Crippen LogP contribution in [-0.4, -0.2) is 70.8 Å². The Morgan fingerprint density at radius 3 is 2.68 bits per heavy atom. The van der Waals surface area contributed by atoms with Gasteiger partial charge in [-0.2, -0.15) is 9.57 Å². The van der Waals surface area contributed by atoms with Gasteiger partial charge in [0.25, 0.3) is 0 Å². The lowest BCUT2D eigenvalue weighted by Gasteiger charge is -2.41. The maximum atomic E-state index is 12.7. The van der Waals surface area contributed by atoms with E-state index >= 15 is 0 Å². The van der Waals surface area contributed by atoms with Crippen LogP contribution in [0.1, 0.15) is 64.1 Å². The Morgan fingerprint density at radius 1 is 1.43 bits per heavy atom. The smallest absolute Gasteiger partial charge is 0.323 e. The summed E-state index contributed by atoms with van der Waals surface area (Å²) < 4.78 is 33.1. The Balaban J connectivity index is 1.67. The number of nitrogens with one attached hydrogen (secondary N) is 1. The summed E-state index contributed by atoms with van der Waals surface area (Å²) in [5.74, 6) is -0.461. The zero-order valence-electron chi connectivity index (χ0n) is 21.6. The van der Waals surface area contributed by atoms with E-state index in [0.717, 1.165) is 37.6 Å². The van der Waals surface area contributed by atoms with Crippen LogP contribution in [0.25, 0.3) is 5.52 Å². The van der Waals surface area contributed by atoms with Gasteiger partial charge in [0.15, 0.2) is 0 Å². The van der Waals surface area contributed by atoms with Crippen molar-refractivity contribution in [2.75, 3.05) is 24.7 Å². The summed E-state index contributed by atoms with van der Waals surface area (Å²) in [4.78, 5) is 17.1. The predicted octanol–water partition coefficient (Wildman–Crippen LogP) is 2.43. The number of aromatic nitrogens is 3.